The number of amides is 4. The summed E-state index contributed by atoms with van der Waals surface area (Å²) in [6.07, 6.45) is -0.514. The predicted octanol–water partition coefficient (Wildman–Crippen LogP) is -1.57. The van der Waals surface area contributed by atoms with Crippen LogP contribution in [0.2, 0.25) is 0 Å². The minimum atomic E-state index is -1.41. The van der Waals surface area contributed by atoms with Crippen LogP contribution in [0.1, 0.15) is 13.3 Å². The van der Waals surface area contributed by atoms with Gasteiger partial charge in [-0.1, -0.05) is 0 Å². The lowest BCUT2D eigenvalue weighted by Gasteiger charge is -2.24. The van der Waals surface area contributed by atoms with Gasteiger partial charge in [-0.25, -0.2) is 9.59 Å². The quantitative estimate of drug-likeness (QED) is 0.520. The Hall–Kier alpha value is -2.32. The molecule has 20 heavy (non-hydrogen) atoms. The number of primary amides is 1. The minimum absolute atomic E-state index is 0.182. The molecule has 0 saturated heterocycles. The van der Waals surface area contributed by atoms with Crippen molar-refractivity contribution in [3.8, 4) is 0 Å². The van der Waals surface area contributed by atoms with E-state index in [-0.39, 0.29) is 19.0 Å². The molecule has 0 aromatic rings. The van der Waals surface area contributed by atoms with Gasteiger partial charge in [0.25, 0.3) is 0 Å². The Balaban J connectivity index is 4.70. The summed E-state index contributed by atoms with van der Waals surface area (Å²) >= 11 is 0. The fraction of sp³-hybridized carbons (Fsp3) is 0.636. The third-order valence-corrected chi connectivity index (χ3v) is 2.49. The maximum Gasteiger partial charge on any atom is 0.326 e. The molecule has 0 heterocycles. The van der Waals surface area contributed by atoms with Gasteiger partial charge in [0.05, 0.1) is 6.42 Å². The van der Waals surface area contributed by atoms with Gasteiger partial charge in [-0.15, -0.1) is 0 Å². The lowest BCUT2D eigenvalue weighted by Crippen LogP contribution is -2.51. The molecule has 0 aromatic heterocycles. The van der Waals surface area contributed by atoms with Crippen molar-refractivity contribution < 1.29 is 24.3 Å². The summed E-state index contributed by atoms with van der Waals surface area (Å²) in [5, 5.41) is 11.0. The van der Waals surface area contributed by atoms with Gasteiger partial charge in [0.15, 0.2) is 0 Å². The normalized spacial score (nSPS) is 11.3. The number of nitrogens with zero attached hydrogens (tertiary/aromatic N) is 2. The first-order chi connectivity index (χ1) is 9.18. The number of hydrogen-bond donors (Lipinski definition) is 3. The third-order valence-electron chi connectivity index (χ3n) is 2.49. The van der Waals surface area contributed by atoms with Crippen molar-refractivity contribution >= 4 is 23.8 Å². The van der Waals surface area contributed by atoms with Gasteiger partial charge in [-0.2, -0.15) is 0 Å². The zero-order valence-electron chi connectivity index (χ0n) is 11.8. The number of nitrogens with two attached hydrogens (primary N) is 1. The van der Waals surface area contributed by atoms with Crippen LogP contribution in [0.25, 0.3) is 0 Å². The number of aliphatic carboxylic acids is 1. The van der Waals surface area contributed by atoms with Gasteiger partial charge < -0.3 is 26.0 Å². The lowest BCUT2D eigenvalue weighted by molar-refractivity contribution is -0.140. The minimum Gasteiger partial charge on any atom is -0.480 e. The molecule has 1 unspecified atom stereocenters. The number of likely N-dealkylation sites (N-methyl/N-ethyl adjacent to an activating group) is 2. The highest BCUT2D eigenvalue weighted by molar-refractivity contribution is 5.89. The Morgan fingerprint density at radius 2 is 1.80 bits per heavy atom. The molecule has 0 aromatic carbocycles. The van der Waals surface area contributed by atoms with Crippen LogP contribution >= 0.6 is 0 Å². The van der Waals surface area contributed by atoms with E-state index in [0.717, 1.165) is 4.90 Å². The SMILES string of the molecule is CCN(CC(=O)N(C)C)C(=O)NC(CC(N)=O)C(=O)O. The molecule has 0 rings (SSSR count). The first kappa shape index (κ1) is 17.7. The zero-order valence-corrected chi connectivity index (χ0v) is 11.8. The molecule has 0 bridgehead atoms. The largest absolute Gasteiger partial charge is 0.480 e. The Labute approximate surface area is 116 Å². The molecule has 0 spiro atoms. The molecular weight excluding hydrogens is 268 g/mol. The Kier molecular flexibility index (Phi) is 7.05. The molecule has 9 heteroatoms. The third kappa shape index (κ3) is 6.03. The molecule has 0 aliphatic carbocycles. The van der Waals surface area contributed by atoms with Crippen LogP contribution in [0.5, 0.6) is 0 Å². The molecule has 0 saturated carbocycles. The van der Waals surface area contributed by atoms with Crippen LogP contribution in [0, 0.1) is 0 Å². The second kappa shape index (κ2) is 7.97. The molecule has 4 amide bonds. The summed E-state index contributed by atoms with van der Waals surface area (Å²) in [4.78, 5) is 47.5. The van der Waals surface area contributed by atoms with Gasteiger partial charge in [0.1, 0.15) is 12.6 Å². The van der Waals surface area contributed by atoms with Gasteiger partial charge in [0.2, 0.25) is 11.8 Å². The van der Waals surface area contributed by atoms with Crippen LogP contribution in [-0.4, -0.2) is 71.9 Å². The number of rotatable bonds is 7. The van der Waals surface area contributed by atoms with Crippen molar-refractivity contribution in [2.45, 2.75) is 19.4 Å². The number of hydrogen-bond acceptors (Lipinski definition) is 4. The van der Waals surface area contributed by atoms with Crippen LogP contribution in [0.4, 0.5) is 4.79 Å². The Bertz CT molecular complexity index is 396. The van der Waals surface area contributed by atoms with Crippen molar-refractivity contribution in [1.82, 2.24) is 15.1 Å². The predicted molar refractivity (Wildman–Crippen MR) is 69.7 cm³/mol. The van der Waals surface area contributed by atoms with Crippen molar-refractivity contribution in [2.24, 2.45) is 5.73 Å². The molecule has 4 N–H and O–H groups in total. The molecule has 1 atom stereocenters. The Morgan fingerprint density at radius 1 is 1.25 bits per heavy atom. The number of carboxylic acid groups (broad SMARTS) is 1. The van der Waals surface area contributed by atoms with Crippen LogP contribution in [-0.2, 0) is 14.4 Å². The summed E-state index contributed by atoms with van der Waals surface area (Å²) < 4.78 is 0. The average molecular weight is 288 g/mol. The Morgan fingerprint density at radius 3 is 2.15 bits per heavy atom. The number of carbonyl (C=O) groups is 4. The van der Waals surface area contributed by atoms with Gasteiger partial charge in [-0.3, -0.25) is 9.59 Å². The van der Waals surface area contributed by atoms with E-state index in [4.69, 9.17) is 10.8 Å². The van der Waals surface area contributed by atoms with Crippen molar-refractivity contribution in [2.75, 3.05) is 27.2 Å². The van der Waals surface area contributed by atoms with Gasteiger partial charge >= 0.3 is 12.0 Å². The van der Waals surface area contributed by atoms with E-state index in [1.54, 1.807) is 21.0 Å². The van der Waals surface area contributed by atoms with E-state index in [2.05, 4.69) is 5.32 Å². The van der Waals surface area contributed by atoms with Crippen molar-refractivity contribution in [3.63, 3.8) is 0 Å². The summed E-state index contributed by atoms with van der Waals surface area (Å²) in [7, 11) is 3.09. The topological polar surface area (TPSA) is 133 Å². The standard InChI is InChI=1S/C11H20N4O5/c1-4-15(6-9(17)14(2)3)11(20)13-7(10(18)19)5-8(12)16/h7H,4-6H2,1-3H3,(H2,12,16)(H,13,20)(H,18,19). The highest BCUT2D eigenvalue weighted by Gasteiger charge is 2.25. The number of urea groups is 1. The van der Waals surface area contributed by atoms with Gasteiger partial charge in [0, 0.05) is 20.6 Å². The highest BCUT2D eigenvalue weighted by atomic mass is 16.4. The van der Waals surface area contributed by atoms with E-state index >= 15 is 0 Å². The van der Waals surface area contributed by atoms with E-state index in [1.165, 1.54) is 4.90 Å². The summed E-state index contributed by atoms with van der Waals surface area (Å²) in [6, 6.07) is -2.15. The van der Waals surface area contributed by atoms with E-state index in [1.807, 2.05) is 0 Å². The molecule has 0 radical (unpaired) electrons. The molecule has 9 nitrogen and oxygen atoms in total. The molecular formula is C11H20N4O5. The number of nitrogens with one attached hydrogen (secondary N) is 1. The second-order valence-corrected chi connectivity index (χ2v) is 4.31. The molecule has 0 fully saturated rings. The molecule has 114 valence electrons. The monoisotopic (exact) mass is 288 g/mol. The van der Waals surface area contributed by atoms with Crippen molar-refractivity contribution in [3.05, 3.63) is 0 Å². The fourth-order valence-electron chi connectivity index (χ4n) is 1.27. The van der Waals surface area contributed by atoms with E-state index < -0.39 is 30.4 Å². The molecule has 0 aliphatic heterocycles. The fourth-order valence-corrected chi connectivity index (χ4v) is 1.27. The van der Waals surface area contributed by atoms with E-state index in [0.29, 0.717) is 0 Å². The first-order valence-corrected chi connectivity index (χ1v) is 5.95. The summed E-state index contributed by atoms with van der Waals surface area (Å²) in [5.74, 6) is -2.51. The highest BCUT2D eigenvalue weighted by Crippen LogP contribution is 1.97. The van der Waals surface area contributed by atoms with E-state index in [9.17, 15) is 19.2 Å². The smallest absolute Gasteiger partial charge is 0.326 e. The maximum absolute atomic E-state index is 11.9. The molecule has 0 aliphatic rings. The first-order valence-electron chi connectivity index (χ1n) is 5.95. The van der Waals surface area contributed by atoms with Crippen LogP contribution < -0.4 is 11.1 Å². The average Bonchev–Trinajstić information content (AvgIpc) is 2.33. The summed E-state index contributed by atoms with van der Waals surface area (Å²) in [6.45, 7) is 1.68. The second-order valence-electron chi connectivity index (χ2n) is 4.31. The van der Waals surface area contributed by atoms with Crippen molar-refractivity contribution in [1.29, 1.82) is 0 Å². The lowest BCUT2D eigenvalue weighted by atomic mass is 10.2. The van der Waals surface area contributed by atoms with Gasteiger partial charge in [-0.05, 0) is 6.92 Å². The number of carboxylic acids is 1. The van der Waals surface area contributed by atoms with Crippen LogP contribution in [0.3, 0.4) is 0 Å². The maximum atomic E-state index is 11.9. The van der Waals surface area contributed by atoms with Crippen LogP contribution in [0.15, 0.2) is 0 Å². The zero-order chi connectivity index (χ0) is 15.9. The summed E-state index contributed by atoms with van der Waals surface area (Å²) in [5.41, 5.74) is 4.91. The number of carbonyl (C=O) groups excluding carboxylic acids is 3.